The largest absolute Gasteiger partial charge is 0.647 e. The van der Waals surface area contributed by atoms with Crippen molar-refractivity contribution in [2.75, 3.05) is 18.0 Å². The Bertz CT molecular complexity index is 651. The molecule has 0 N–H and O–H groups in total. The maximum Gasteiger partial charge on any atom is 0.647 e. The first-order valence-electron chi connectivity index (χ1n) is 6.27. The average molecular weight is 293 g/mol. The fourth-order valence-corrected chi connectivity index (χ4v) is 3.60. The van der Waals surface area contributed by atoms with Crippen molar-refractivity contribution < 1.29 is 18.1 Å². The molecular weight excluding hydrogens is 277 g/mol. The van der Waals surface area contributed by atoms with Gasteiger partial charge in [-0.2, -0.15) is 4.57 Å². The van der Waals surface area contributed by atoms with Crippen LogP contribution in [0.4, 0.5) is 5.69 Å². The van der Waals surface area contributed by atoms with E-state index in [-0.39, 0.29) is 0 Å². The van der Waals surface area contributed by atoms with Crippen molar-refractivity contribution in [2.45, 2.75) is 13.8 Å². The highest BCUT2D eigenvalue weighted by atomic mass is 31.2. The summed E-state index contributed by atoms with van der Waals surface area (Å²) in [6, 6.07) is 3.62. The predicted molar refractivity (Wildman–Crippen MR) is 77.8 cm³/mol. The van der Waals surface area contributed by atoms with Gasteiger partial charge in [-0.25, -0.2) is 0 Å². The smallest absolute Gasteiger partial charge is 0.382 e. The number of phosphoric ester groups is 1. The lowest BCUT2D eigenvalue weighted by Gasteiger charge is -2.27. The van der Waals surface area contributed by atoms with Crippen molar-refractivity contribution in [3.05, 3.63) is 36.4 Å². The number of phosphoric acid groups is 1. The lowest BCUT2D eigenvalue weighted by molar-refractivity contribution is 0.354. The van der Waals surface area contributed by atoms with E-state index in [1.54, 1.807) is 6.07 Å². The van der Waals surface area contributed by atoms with E-state index < -0.39 is 7.82 Å². The van der Waals surface area contributed by atoms with E-state index in [4.69, 9.17) is 13.6 Å². The molecule has 0 spiro atoms. The highest BCUT2D eigenvalue weighted by molar-refractivity contribution is 7.50. The fourth-order valence-electron chi connectivity index (χ4n) is 2.31. The van der Waals surface area contributed by atoms with Crippen molar-refractivity contribution in [1.29, 1.82) is 0 Å². The summed E-state index contributed by atoms with van der Waals surface area (Å²) >= 11 is 0. The normalized spacial score (nSPS) is 20.9. The number of hydrogen-bond acceptors (Lipinski definition) is 5. The Morgan fingerprint density at radius 1 is 1.10 bits per heavy atom. The molecule has 1 aromatic rings. The molecule has 0 fully saturated rings. The molecule has 0 radical (unpaired) electrons. The minimum absolute atomic E-state index is 0.430. The third-order valence-corrected chi connectivity index (χ3v) is 4.17. The maximum absolute atomic E-state index is 12.0. The second-order valence-corrected chi connectivity index (χ2v) is 6.67. The highest BCUT2D eigenvalue weighted by Crippen LogP contribution is 2.70. The van der Waals surface area contributed by atoms with Gasteiger partial charge in [0.15, 0.2) is 5.75 Å². The number of rotatable bonds is 5. The molecule has 106 valence electrons. The quantitative estimate of drug-likeness (QED) is 0.608. The summed E-state index contributed by atoms with van der Waals surface area (Å²) in [5.74, 6) is 1.39. The fraction of sp³-hybridized carbons (Fsp3) is 0.286. The van der Waals surface area contributed by atoms with Gasteiger partial charge in [-0.3, -0.25) is 0 Å². The Balaban J connectivity index is 2.01. The van der Waals surface area contributed by atoms with Gasteiger partial charge in [0.2, 0.25) is 11.5 Å². The lowest BCUT2D eigenvalue weighted by Crippen LogP contribution is -2.27. The van der Waals surface area contributed by atoms with Gasteiger partial charge in [-0.05, 0) is 26.0 Å². The average Bonchev–Trinajstić information content (AvgIpc) is 2.80. The molecule has 2 aliphatic heterocycles. The van der Waals surface area contributed by atoms with Crippen LogP contribution in [0.25, 0.3) is 0 Å². The first kappa shape index (κ1) is 13.1. The van der Waals surface area contributed by atoms with E-state index in [0.29, 0.717) is 30.3 Å². The van der Waals surface area contributed by atoms with Gasteiger partial charge in [-0.15, -0.1) is 0 Å². The van der Waals surface area contributed by atoms with Crippen LogP contribution in [0.2, 0.25) is 0 Å². The van der Waals surface area contributed by atoms with Crippen molar-refractivity contribution in [3.8, 4) is 17.2 Å². The minimum atomic E-state index is -3.45. The standard InChI is InChI=1S/C14H16NO4P/c1-9(2)7-15(8-10(3)4)11-5-6-12-14-13(11)18-20(16,17-12)19-14/h5-6H,1,3,7-8H2,2,4H3. The molecule has 0 aliphatic carbocycles. The molecule has 6 heteroatoms. The molecule has 2 bridgehead atoms. The predicted octanol–water partition coefficient (Wildman–Crippen LogP) is 3.92. The van der Waals surface area contributed by atoms with Crippen LogP contribution in [0.1, 0.15) is 13.8 Å². The number of hydrogen-bond donors (Lipinski definition) is 0. The second-order valence-electron chi connectivity index (χ2n) is 5.23. The van der Waals surface area contributed by atoms with E-state index in [1.807, 2.05) is 19.9 Å². The molecule has 0 saturated carbocycles. The van der Waals surface area contributed by atoms with E-state index in [2.05, 4.69) is 18.1 Å². The summed E-state index contributed by atoms with van der Waals surface area (Å²) < 4.78 is 27.7. The van der Waals surface area contributed by atoms with Crippen molar-refractivity contribution in [1.82, 2.24) is 0 Å². The molecule has 1 aromatic carbocycles. The molecule has 2 heterocycles. The number of benzene rings is 1. The first-order chi connectivity index (χ1) is 9.38. The molecule has 2 aliphatic rings. The molecule has 0 aromatic heterocycles. The van der Waals surface area contributed by atoms with Gasteiger partial charge in [0, 0.05) is 13.1 Å². The number of anilines is 1. The van der Waals surface area contributed by atoms with Crippen LogP contribution in [0.15, 0.2) is 36.4 Å². The zero-order valence-electron chi connectivity index (χ0n) is 11.5. The monoisotopic (exact) mass is 293 g/mol. The van der Waals surface area contributed by atoms with Gasteiger partial charge >= 0.3 is 7.82 Å². The number of fused-ring (bicyclic) bond motifs is 1. The van der Waals surface area contributed by atoms with Crippen LogP contribution in [0.3, 0.4) is 0 Å². The van der Waals surface area contributed by atoms with Gasteiger partial charge in [0.25, 0.3) is 0 Å². The van der Waals surface area contributed by atoms with E-state index >= 15 is 0 Å². The van der Waals surface area contributed by atoms with Crippen molar-refractivity contribution in [3.63, 3.8) is 0 Å². The summed E-state index contributed by atoms with van der Waals surface area (Å²) in [7, 11) is -3.45. The van der Waals surface area contributed by atoms with Crippen LogP contribution < -0.4 is 18.5 Å². The van der Waals surface area contributed by atoms with Crippen LogP contribution in [0.5, 0.6) is 17.2 Å². The second kappa shape index (κ2) is 4.32. The molecule has 3 rings (SSSR count). The Hall–Kier alpha value is -1.87. The Labute approximate surface area is 118 Å². The van der Waals surface area contributed by atoms with Crippen molar-refractivity contribution >= 4 is 13.5 Å². The van der Waals surface area contributed by atoms with E-state index in [0.717, 1.165) is 16.8 Å². The molecular formula is C14H16NO4P. The molecule has 5 nitrogen and oxygen atoms in total. The lowest BCUT2D eigenvalue weighted by atomic mass is 10.2. The molecule has 1 atom stereocenters. The van der Waals surface area contributed by atoms with Crippen LogP contribution in [-0.4, -0.2) is 13.1 Å². The highest BCUT2D eigenvalue weighted by Gasteiger charge is 2.51. The minimum Gasteiger partial charge on any atom is -0.382 e. The van der Waals surface area contributed by atoms with Crippen LogP contribution in [-0.2, 0) is 4.57 Å². The van der Waals surface area contributed by atoms with Gasteiger partial charge in [0.05, 0.1) is 5.69 Å². The van der Waals surface area contributed by atoms with Crippen molar-refractivity contribution in [2.24, 2.45) is 0 Å². The third kappa shape index (κ3) is 2.08. The summed E-state index contributed by atoms with van der Waals surface area (Å²) in [6.07, 6.45) is 0. The van der Waals surface area contributed by atoms with Crippen LogP contribution in [0, 0.1) is 0 Å². The summed E-state index contributed by atoms with van der Waals surface area (Å²) in [6.45, 7) is 13.1. The Morgan fingerprint density at radius 2 is 1.70 bits per heavy atom. The summed E-state index contributed by atoms with van der Waals surface area (Å²) in [4.78, 5) is 2.07. The number of nitrogens with zero attached hydrogens (tertiary/aromatic N) is 1. The maximum atomic E-state index is 12.0. The zero-order valence-corrected chi connectivity index (χ0v) is 12.4. The molecule has 0 saturated heterocycles. The van der Waals surface area contributed by atoms with Crippen LogP contribution >= 0.6 is 7.82 Å². The first-order valence-corrected chi connectivity index (χ1v) is 7.73. The zero-order chi connectivity index (χ0) is 14.5. The van der Waals surface area contributed by atoms with E-state index in [1.165, 1.54) is 0 Å². The van der Waals surface area contributed by atoms with E-state index in [9.17, 15) is 4.57 Å². The SMILES string of the molecule is C=C(C)CN(CC(=C)C)c1ccc2c3c1OP(=O)(O2)O3. The summed E-state index contributed by atoms with van der Waals surface area (Å²) in [5.41, 5.74) is 2.84. The van der Waals surface area contributed by atoms with Gasteiger partial charge in [-0.1, -0.05) is 24.3 Å². The van der Waals surface area contributed by atoms with Gasteiger partial charge in [0.1, 0.15) is 0 Å². The van der Waals surface area contributed by atoms with Gasteiger partial charge < -0.3 is 18.5 Å². The molecule has 20 heavy (non-hydrogen) atoms. The molecule has 1 unspecified atom stereocenters. The third-order valence-electron chi connectivity index (χ3n) is 2.93. The Morgan fingerprint density at radius 3 is 2.25 bits per heavy atom. The summed E-state index contributed by atoms with van der Waals surface area (Å²) in [5, 5.41) is 0. The Kier molecular flexibility index (Phi) is 2.83. The topological polar surface area (TPSA) is 48.0 Å². The molecule has 0 amide bonds.